The van der Waals surface area contributed by atoms with Crippen LogP contribution < -0.4 is 15.6 Å². The van der Waals surface area contributed by atoms with E-state index in [0.717, 1.165) is 41.6 Å². The predicted molar refractivity (Wildman–Crippen MR) is 104 cm³/mol. The molecule has 3 N–H and O–H groups in total. The molecule has 26 heavy (non-hydrogen) atoms. The Morgan fingerprint density at radius 1 is 1.23 bits per heavy atom. The first-order valence-electron chi connectivity index (χ1n) is 9.51. The Morgan fingerprint density at radius 3 is 2.92 bits per heavy atom. The minimum atomic E-state index is -0.147. The molecule has 2 aromatic rings. The molecule has 1 spiro atoms. The second-order valence-corrected chi connectivity index (χ2v) is 8.58. The predicted octanol–water partition coefficient (Wildman–Crippen LogP) is 2.31. The van der Waals surface area contributed by atoms with Gasteiger partial charge in [0.05, 0.1) is 15.9 Å². The van der Waals surface area contributed by atoms with E-state index in [2.05, 4.69) is 32.8 Å². The Morgan fingerprint density at radius 2 is 2.08 bits per heavy atom. The Bertz CT molecular complexity index is 890. The molecule has 2 aliphatic carbocycles. The summed E-state index contributed by atoms with van der Waals surface area (Å²) in [6.45, 7) is 0. The van der Waals surface area contributed by atoms with Crippen LogP contribution in [0.4, 0.5) is 5.13 Å². The average Bonchev–Trinajstić information content (AvgIpc) is 3.04. The lowest BCUT2D eigenvalue weighted by Crippen LogP contribution is -2.96. The molecule has 1 aliphatic heterocycles. The standard InChI is InChI=1S/C20H22N4OS/c25-15-9-6-8-14-17(15)20(11-4-1-5-12-20)24-18(21-14)23-19-22-13-7-2-3-10-16(13)26-19/h2-3,7-8,10,17H,1,4-6,9,11-12H2,(H2,21,22,23,24)/p+1/t17-/m1/s1. The lowest BCUT2D eigenvalue weighted by Gasteiger charge is -2.43. The molecule has 0 bridgehead atoms. The number of rotatable bonds is 1. The molecular formula is C20H23N4OS+. The highest BCUT2D eigenvalue weighted by molar-refractivity contribution is 7.22. The molecule has 3 aliphatic rings. The normalized spacial score (nSPS) is 24.6. The van der Waals surface area contributed by atoms with Crippen molar-refractivity contribution in [1.82, 2.24) is 10.3 Å². The summed E-state index contributed by atoms with van der Waals surface area (Å²) in [7, 11) is 0. The maximum atomic E-state index is 12.7. The summed E-state index contributed by atoms with van der Waals surface area (Å²) in [6.07, 6.45) is 9.43. The molecule has 1 aromatic carbocycles. The number of Topliss-reactive ketones (excluding diaryl/α,β-unsaturated/α-hetero) is 1. The van der Waals surface area contributed by atoms with Gasteiger partial charge in [-0.1, -0.05) is 29.9 Å². The SMILES string of the molecule is O=C1CCC=C2NC(Nc3nc4ccccc4s3)=[NH+]C3(CCCCC3)[C@@H]12. The smallest absolute Gasteiger partial charge is 0.299 e. The van der Waals surface area contributed by atoms with Crippen molar-refractivity contribution in [1.29, 1.82) is 0 Å². The zero-order chi connectivity index (χ0) is 17.6. The minimum Gasteiger partial charge on any atom is -0.299 e. The molecule has 0 saturated heterocycles. The summed E-state index contributed by atoms with van der Waals surface area (Å²) in [4.78, 5) is 21.1. The van der Waals surface area contributed by atoms with Gasteiger partial charge in [0, 0.05) is 6.42 Å². The Hall–Kier alpha value is -2.21. The fourth-order valence-corrected chi connectivity index (χ4v) is 5.59. The van der Waals surface area contributed by atoms with Crippen LogP contribution in [-0.2, 0) is 4.79 Å². The first-order chi connectivity index (χ1) is 12.7. The van der Waals surface area contributed by atoms with Gasteiger partial charge in [-0.05, 0) is 50.3 Å². The van der Waals surface area contributed by atoms with E-state index in [1.807, 2.05) is 18.2 Å². The number of para-hydroxylation sites is 1. The summed E-state index contributed by atoms with van der Waals surface area (Å²) in [5.74, 6) is 1.21. The molecule has 0 radical (unpaired) electrons. The highest BCUT2D eigenvalue weighted by Gasteiger charge is 2.51. The fourth-order valence-electron chi connectivity index (χ4n) is 4.72. The number of anilines is 1. The van der Waals surface area contributed by atoms with Crippen molar-refractivity contribution in [3.63, 3.8) is 0 Å². The number of nitrogens with one attached hydrogen (secondary N) is 3. The van der Waals surface area contributed by atoms with Gasteiger partial charge in [-0.25, -0.2) is 15.6 Å². The topological polar surface area (TPSA) is 68.0 Å². The third kappa shape index (κ3) is 2.63. The first-order valence-corrected chi connectivity index (χ1v) is 10.3. The monoisotopic (exact) mass is 367 g/mol. The van der Waals surface area contributed by atoms with Crippen molar-refractivity contribution in [3.8, 4) is 0 Å². The van der Waals surface area contributed by atoms with E-state index in [1.165, 1.54) is 24.0 Å². The van der Waals surface area contributed by atoms with E-state index in [9.17, 15) is 4.79 Å². The minimum absolute atomic E-state index is 0.0301. The third-order valence-corrected chi connectivity index (χ3v) is 6.81. The second kappa shape index (κ2) is 6.20. The summed E-state index contributed by atoms with van der Waals surface area (Å²) in [5.41, 5.74) is 1.94. The van der Waals surface area contributed by atoms with Crippen LogP contribution in [-0.4, -0.2) is 22.3 Å². The van der Waals surface area contributed by atoms with Gasteiger partial charge in [-0.2, -0.15) is 0 Å². The van der Waals surface area contributed by atoms with Crippen LogP contribution >= 0.6 is 11.3 Å². The highest BCUT2D eigenvalue weighted by Crippen LogP contribution is 2.38. The van der Waals surface area contributed by atoms with E-state index in [4.69, 9.17) is 0 Å². The van der Waals surface area contributed by atoms with Crippen molar-refractivity contribution in [2.75, 3.05) is 5.32 Å². The van der Waals surface area contributed by atoms with Gasteiger partial charge in [0.2, 0.25) is 0 Å². The quantitative estimate of drug-likeness (QED) is 0.724. The van der Waals surface area contributed by atoms with Gasteiger partial charge in [-0.15, -0.1) is 0 Å². The van der Waals surface area contributed by atoms with Gasteiger partial charge in [-0.3, -0.25) is 9.79 Å². The molecule has 5 nitrogen and oxygen atoms in total. The van der Waals surface area contributed by atoms with E-state index in [-0.39, 0.29) is 11.5 Å². The molecule has 2 heterocycles. The molecule has 5 rings (SSSR count). The van der Waals surface area contributed by atoms with Crippen LogP contribution in [0.1, 0.15) is 44.9 Å². The van der Waals surface area contributed by atoms with Gasteiger partial charge < -0.3 is 0 Å². The fraction of sp³-hybridized carbons (Fsp3) is 0.450. The first kappa shape index (κ1) is 16.0. The number of nitrogens with zero attached hydrogens (tertiary/aromatic N) is 1. The Kier molecular flexibility index (Phi) is 3.81. The number of guanidine groups is 1. The maximum Gasteiger partial charge on any atom is 0.355 e. The molecule has 1 aromatic heterocycles. The molecule has 1 fully saturated rings. The number of carbonyl (C=O) groups excluding carboxylic acids is 1. The number of hydrogen-bond donors (Lipinski definition) is 3. The van der Waals surface area contributed by atoms with Crippen molar-refractivity contribution in [3.05, 3.63) is 36.0 Å². The van der Waals surface area contributed by atoms with Crippen LogP contribution in [0.25, 0.3) is 10.2 Å². The number of fused-ring (bicyclic) bond motifs is 3. The van der Waals surface area contributed by atoms with Gasteiger partial charge in [0.1, 0.15) is 17.2 Å². The maximum absolute atomic E-state index is 12.7. The zero-order valence-corrected chi connectivity index (χ0v) is 15.5. The largest absolute Gasteiger partial charge is 0.355 e. The van der Waals surface area contributed by atoms with Crippen LogP contribution in [0, 0.1) is 5.92 Å². The second-order valence-electron chi connectivity index (χ2n) is 7.55. The Labute approximate surface area is 156 Å². The highest BCUT2D eigenvalue weighted by atomic mass is 32.1. The van der Waals surface area contributed by atoms with Crippen LogP contribution in [0.2, 0.25) is 0 Å². The average molecular weight is 367 g/mol. The number of allylic oxidation sites excluding steroid dienone is 1. The van der Waals surface area contributed by atoms with Crippen molar-refractivity contribution in [2.24, 2.45) is 5.92 Å². The Balaban J connectivity index is 1.51. The molecule has 0 amide bonds. The number of benzene rings is 1. The van der Waals surface area contributed by atoms with Crippen molar-refractivity contribution < 1.29 is 9.79 Å². The number of ketones is 1. The van der Waals surface area contributed by atoms with Crippen molar-refractivity contribution in [2.45, 2.75) is 50.5 Å². The lowest BCUT2D eigenvalue weighted by atomic mass is 9.67. The summed E-state index contributed by atoms with van der Waals surface area (Å²) >= 11 is 1.65. The van der Waals surface area contributed by atoms with Gasteiger partial charge >= 0.3 is 5.96 Å². The number of hydrogen-bond acceptors (Lipinski definition) is 5. The van der Waals surface area contributed by atoms with E-state index >= 15 is 0 Å². The number of carbonyl (C=O) groups is 1. The summed E-state index contributed by atoms with van der Waals surface area (Å²) in [6, 6.07) is 8.17. The molecule has 1 atom stereocenters. The van der Waals surface area contributed by atoms with Crippen LogP contribution in [0.3, 0.4) is 0 Å². The van der Waals surface area contributed by atoms with Gasteiger partial charge in [0.15, 0.2) is 0 Å². The van der Waals surface area contributed by atoms with E-state index in [1.54, 1.807) is 11.3 Å². The number of aromatic nitrogens is 1. The number of thiazole rings is 1. The molecule has 6 heteroatoms. The van der Waals surface area contributed by atoms with Gasteiger partial charge in [0.25, 0.3) is 5.13 Å². The van der Waals surface area contributed by atoms with Crippen LogP contribution in [0.15, 0.2) is 36.0 Å². The van der Waals surface area contributed by atoms with E-state index < -0.39 is 0 Å². The molecule has 134 valence electrons. The lowest BCUT2D eigenvalue weighted by molar-refractivity contribution is -0.572. The van der Waals surface area contributed by atoms with E-state index in [0.29, 0.717) is 12.2 Å². The van der Waals surface area contributed by atoms with Crippen LogP contribution in [0.5, 0.6) is 0 Å². The summed E-state index contributed by atoms with van der Waals surface area (Å²) in [5, 5.41) is 7.76. The third-order valence-electron chi connectivity index (χ3n) is 5.86. The van der Waals surface area contributed by atoms with Crippen molar-refractivity contribution >= 4 is 38.4 Å². The zero-order valence-electron chi connectivity index (χ0n) is 14.7. The molecule has 1 saturated carbocycles. The molecular weight excluding hydrogens is 344 g/mol. The summed E-state index contributed by atoms with van der Waals surface area (Å²) < 4.78 is 1.17. The molecule has 0 unspecified atom stereocenters.